The molecule has 4 rings (SSSR count). The number of nitrogens with zero attached hydrogens (tertiary/aromatic N) is 3. The minimum Gasteiger partial charge on any atom is -0.445 e. The lowest BCUT2D eigenvalue weighted by Crippen LogP contribution is -2.39. The van der Waals surface area contributed by atoms with Crippen molar-refractivity contribution >= 4 is 12.2 Å². The molecule has 0 aliphatic carbocycles. The number of piperidine rings is 1. The summed E-state index contributed by atoms with van der Waals surface area (Å²) < 4.78 is 11.2. The van der Waals surface area contributed by atoms with Gasteiger partial charge in [-0.05, 0) is 58.4 Å². The minimum absolute atomic E-state index is 0.111. The van der Waals surface area contributed by atoms with E-state index in [4.69, 9.17) is 9.47 Å². The fourth-order valence-electron chi connectivity index (χ4n) is 4.56. The molecule has 2 aliphatic rings. The summed E-state index contributed by atoms with van der Waals surface area (Å²) in [4.78, 5) is 37.1. The van der Waals surface area contributed by atoms with Crippen molar-refractivity contribution in [1.82, 2.24) is 19.8 Å². The van der Waals surface area contributed by atoms with Gasteiger partial charge in [0.25, 0.3) is 0 Å². The number of hydrogen-bond donors (Lipinski definition) is 1. The van der Waals surface area contributed by atoms with Gasteiger partial charge in [0.05, 0.1) is 24.0 Å². The first-order valence-corrected chi connectivity index (χ1v) is 11.8. The second-order valence-electron chi connectivity index (χ2n) is 9.80. The molecule has 0 saturated carbocycles. The molecule has 2 unspecified atom stereocenters. The van der Waals surface area contributed by atoms with Gasteiger partial charge in [0, 0.05) is 13.1 Å². The minimum atomic E-state index is -0.540. The van der Waals surface area contributed by atoms with Crippen molar-refractivity contribution in [2.45, 2.75) is 77.2 Å². The maximum absolute atomic E-state index is 12.9. The van der Waals surface area contributed by atoms with Crippen LogP contribution in [0.2, 0.25) is 0 Å². The lowest BCUT2D eigenvalue weighted by atomic mass is 10.0. The van der Waals surface area contributed by atoms with Crippen molar-refractivity contribution in [1.29, 1.82) is 0 Å². The summed E-state index contributed by atoms with van der Waals surface area (Å²) in [5.74, 6) is 0.747. The van der Waals surface area contributed by atoms with E-state index in [1.165, 1.54) is 0 Å². The predicted octanol–water partition coefficient (Wildman–Crippen LogP) is 5.35. The standard InChI is InChI=1S/C25H34N4O4/c1-25(2,3)33-24(31)29-15-9-13-21(29)22-26-16-19(27-22)20-12-7-8-14-28(20)23(30)32-17-18-10-5-4-6-11-18/h4-6,10-11,16,20-21H,7-9,12-15,17H2,1-3H3,(H,26,27). The van der Waals surface area contributed by atoms with Gasteiger partial charge < -0.3 is 14.5 Å². The second-order valence-corrected chi connectivity index (χ2v) is 9.80. The van der Waals surface area contributed by atoms with Gasteiger partial charge in [0.2, 0.25) is 0 Å². The average Bonchev–Trinajstić information content (AvgIpc) is 3.46. The molecule has 2 amide bonds. The van der Waals surface area contributed by atoms with Crippen LogP contribution in [0.5, 0.6) is 0 Å². The number of rotatable bonds is 4. The Labute approximate surface area is 195 Å². The smallest absolute Gasteiger partial charge is 0.410 e. The van der Waals surface area contributed by atoms with Gasteiger partial charge in [-0.25, -0.2) is 14.6 Å². The quantitative estimate of drug-likeness (QED) is 0.673. The normalized spacial score (nSPS) is 21.2. The molecule has 0 spiro atoms. The van der Waals surface area contributed by atoms with E-state index in [9.17, 15) is 9.59 Å². The molecular formula is C25H34N4O4. The van der Waals surface area contributed by atoms with Crippen LogP contribution in [-0.2, 0) is 16.1 Å². The summed E-state index contributed by atoms with van der Waals surface area (Å²) in [5.41, 5.74) is 1.31. The lowest BCUT2D eigenvalue weighted by molar-refractivity contribution is 0.0218. The highest BCUT2D eigenvalue weighted by atomic mass is 16.6. The van der Waals surface area contributed by atoms with Crippen LogP contribution in [0, 0.1) is 0 Å². The number of amides is 2. The highest BCUT2D eigenvalue weighted by molar-refractivity contribution is 5.69. The summed E-state index contributed by atoms with van der Waals surface area (Å²) in [6.45, 7) is 7.17. The Balaban J connectivity index is 1.44. The Morgan fingerprint density at radius 1 is 1.00 bits per heavy atom. The van der Waals surface area contributed by atoms with Gasteiger partial charge >= 0.3 is 12.2 Å². The first-order valence-electron chi connectivity index (χ1n) is 11.8. The molecule has 2 fully saturated rings. The number of aromatic nitrogens is 2. The van der Waals surface area contributed by atoms with E-state index in [0.29, 0.717) is 13.1 Å². The zero-order valence-electron chi connectivity index (χ0n) is 19.8. The maximum Gasteiger partial charge on any atom is 0.410 e. The third-order valence-electron chi connectivity index (χ3n) is 6.11. The van der Waals surface area contributed by atoms with Gasteiger partial charge in [-0.15, -0.1) is 0 Å². The Morgan fingerprint density at radius 3 is 2.45 bits per heavy atom. The van der Waals surface area contributed by atoms with Crippen LogP contribution in [0.25, 0.3) is 0 Å². The van der Waals surface area contributed by atoms with Gasteiger partial charge in [-0.3, -0.25) is 9.80 Å². The molecule has 0 bridgehead atoms. The second kappa shape index (κ2) is 9.85. The van der Waals surface area contributed by atoms with Crippen LogP contribution >= 0.6 is 0 Å². The molecule has 8 nitrogen and oxygen atoms in total. The predicted molar refractivity (Wildman–Crippen MR) is 123 cm³/mol. The lowest BCUT2D eigenvalue weighted by Gasteiger charge is -2.34. The van der Waals surface area contributed by atoms with E-state index in [-0.39, 0.29) is 30.9 Å². The number of aromatic amines is 1. The third-order valence-corrected chi connectivity index (χ3v) is 6.11. The number of imidazole rings is 1. The molecule has 1 N–H and O–H groups in total. The topological polar surface area (TPSA) is 87.8 Å². The molecule has 8 heteroatoms. The summed E-state index contributed by atoms with van der Waals surface area (Å²) >= 11 is 0. The fourth-order valence-corrected chi connectivity index (χ4v) is 4.56. The molecule has 0 radical (unpaired) electrons. The van der Waals surface area contributed by atoms with E-state index in [0.717, 1.165) is 49.2 Å². The molecule has 3 heterocycles. The van der Waals surface area contributed by atoms with E-state index >= 15 is 0 Å². The number of H-pyrrole nitrogens is 1. The van der Waals surface area contributed by atoms with Crippen LogP contribution in [0.4, 0.5) is 9.59 Å². The highest BCUT2D eigenvalue weighted by Crippen LogP contribution is 2.35. The van der Waals surface area contributed by atoms with Crippen molar-refractivity contribution in [2.24, 2.45) is 0 Å². The van der Waals surface area contributed by atoms with Crippen molar-refractivity contribution in [3.05, 3.63) is 53.6 Å². The van der Waals surface area contributed by atoms with Crippen LogP contribution in [0.15, 0.2) is 36.5 Å². The number of likely N-dealkylation sites (tertiary alicyclic amines) is 2. The van der Waals surface area contributed by atoms with E-state index in [2.05, 4.69) is 9.97 Å². The Morgan fingerprint density at radius 2 is 1.70 bits per heavy atom. The molecule has 178 valence electrons. The van der Waals surface area contributed by atoms with Crippen LogP contribution in [-0.4, -0.2) is 50.6 Å². The third kappa shape index (κ3) is 5.67. The SMILES string of the molecule is CC(C)(C)OC(=O)N1CCCC1c1ncc(C2CCCCN2C(=O)OCc2ccccc2)[nH]1. The number of hydrogen-bond acceptors (Lipinski definition) is 5. The van der Waals surface area contributed by atoms with Gasteiger partial charge in [-0.1, -0.05) is 30.3 Å². The van der Waals surface area contributed by atoms with E-state index < -0.39 is 5.60 Å². The number of benzene rings is 1. The molecule has 2 aromatic rings. The van der Waals surface area contributed by atoms with Crippen molar-refractivity contribution < 1.29 is 19.1 Å². The van der Waals surface area contributed by atoms with Crippen molar-refractivity contribution in [3.63, 3.8) is 0 Å². The first-order chi connectivity index (χ1) is 15.8. The average molecular weight is 455 g/mol. The monoisotopic (exact) mass is 454 g/mol. The van der Waals surface area contributed by atoms with E-state index in [1.54, 1.807) is 16.0 Å². The number of ether oxygens (including phenoxy) is 2. The largest absolute Gasteiger partial charge is 0.445 e. The number of carbonyl (C=O) groups excluding carboxylic acids is 2. The summed E-state index contributed by atoms with van der Waals surface area (Å²) in [6, 6.07) is 9.44. The van der Waals surface area contributed by atoms with E-state index in [1.807, 2.05) is 51.1 Å². The molecule has 2 aliphatic heterocycles. The van der Waals surface area contributed by atoms with Gasteiger partial charge in [-0.2, -0.15) is 0 Å². The van der Waals surface area contributed by atoms with Gasteiger partial charge in [0.1, 0.15) is 18.0 Å². The number of nitrogens with one attached hydrogen (secondary N) is 1. The molecule has 1 aromatic carbocycles. The van der Waals surface area contributed by atoms with Crippen molar-refractivity contribution in [2.75, 3.05) is 13.1 Å². The molecule has 33 heavy (non-hydrogen) atoms. The number of carbonyl (C=O) groups is 2. The summed E-state index contributed by atoms with van der Waals surface area (Å²) in [5, 5.41) is 0. The zero-order chi connectivity index (χ0) is 23.4. The first kappa shape index (κ1) is 23.1. The molecule has 2 saturated heterocycles. The highest BCUT2D eigenvalue weighted by Gasteiger charge is 2.36. The molecular weight excluding hydrogens is 420 g/mol. The zero-order valence-corrected chi connectivity index (χ0v) is 19.8. The van der Waals surface area contributed by atoms with Gasteiger partial charge in [0.15, 0.2) is 0 Å². The molecule has 2 atom stereocenters. The maximum atomic E-state index is 12.9. The Bertz CT molecular complexity index is 953. The van der Waals surface area contributed by atoms with Crippen LogP contribution in [0.1, 0.15) is 82.0 Å². The van der Waals surface area contributed by atoms with Crippen LogP contribution < -0.4 is 0 Å². The van der Waals surface area contributed by atoms with Crippen molar-refractivity contribution in [3.8, 4) is 0 Å². The Hall–Kier alpha value is -3.03. The Kier molecular flexibility index (Phi) is 6.91. The molecule has 1 aromatic heterocycles. The summed E-state index contributed by atoms with van der Waals surface area (Å²) in [6.07, 6.45) is 5.75. The van der Waals surface area contributed by atoms with Crippen LogP contribution in [0.3, 0.4) is 0 Å². The summed E-state index contributed by atoms with van der Waals surface area (Å²) in [7, 11) is 0. The fraction of sp³-hybridized carbons (Fsp3) is 0.560.